The van der Waals surface area contributed by atoms with Crippen LogP contribution in [0.5, 0.6) is 0 Å². The molecule has 2 aromatic carbocycles. The van der Waals surface area contributed by atoms with Crippen molar-refractivity contribution in [3.63, 3.8) is 0 Å². The van der Waals surface area contributed by atoms with Gasteiger partial charge in [-0.25, -0.2) is 0 Å². The molecule has 3 aromatic rings. The summed E-state index contributed by atoms with van der Waals surface area (Å²) >= 11 is 6.30. The lowest BCUT2D eigenvalue weighted by atomic mass is 10.1. The first-order chi connectivity index (χ1) is 14.4. The molecule has 0 spiro atoms. The lowest BCUT2D eigenvalue weighted by molar-refractivity contribution is 0.0559. The van der Waals surface area contributed by atoms with Gasteiger partial charge in [-0.05, 0) is 44.7 Å². The van der Waals surface area contributed by atoms with Crippen LogP contribution in [-0.4, -0.2) is 45.1 Å². The van der Waals surface area contributed by atoms with Gasteiger partial charge in [0, 0.05) is 22.8 Å². The number of benzene rings is 2. The van der Waals surface area contributed by atoms with Gasteiger partial charge in [0.15, 0.2) is 0 Å². The minimum absolute atomic E-state index is 0.223. The van der Waals surface area contributed by atoms with Crippen molar-refractivity contribution < 1.29 is 9.59 Å². The fraction of sp³-hybridized carbons (Fsp3) is 0.261. The third kappa shape index (κ3) is 3.64. The first kappa shape index (κ1) is 20.3. The second-order valence-electron chi connectivity index (χ2n) is 7.64. The highest BCUT2D eigenvalue weighted by atomic mass is 35.5. The smallest absolute Gasteiger partial charge is 0.262 e. The van der Waals surface area contributed by atoms with Crippen molar-refractivity contribution in [2.24, 2.45) is 0 Å². The van der Waals surface area contributed by atoms with Crippen LogP contribution in [-0.2, 0) is 13.1 Å². The Morgan fingerprint density at radius 2 is 1.57 bits per heavy atom. The number of nitrogens with zero attached hydrogens (tertiary/aromatic N) is 4. The molecule has 1 aromatic heterocycles. The number of amides is 2. The molecule has 0 fully saturated rings. The molecule has 0 radical (unpaired) electrons. The Balaban J connectivity index is 1.49. The van der Waals surface area contributed by atoms with Crippen molar-refractivity contribution in [2.75, 3.05) is 13.7 Å². The van der Waals surface area contributed by atoms with Crippen LogP contribution >= 0.6 is 11.6 Å². The minimum Gasteiger partial charge on any atom is -0.284 e. The Kier molecular flexibility index (Phi) is 5.45. The Labute approximate surface area is 180 Å². The summed E-state index contributed by atoms with van der Waals surface area (Å²) in [5.74, 6) is -0.490. The third-order valence-corrected chi connectivity index (χ3v) is 5.87. The molecule has 1 aliphatic heterocycles. The van der Waals surface area contributed by atoms with Gasteiger partial charge in [-0.3, -0.25) is 24.1 Å². The summed E-state index contributed by atoms with van der Waals surface area (Å²) in [7, 11) is 1.90. The van der Waals surface area contributed by atoms with E-state index in [2.05, 4.69) is 5.10 Å². The van der Waals surface area contributed by atoms with Crippen molar-refractivity contribution in [3.05, 3.63) is 87.2 Å². The second kappa shape index (κ2) is 8.05. The maximum Gasteiger partial charge on any atom is 0.262 e. The van der Waals surface area contributed by atoms with Crippen LogP contribution in [0.1, 0.15) is 43.2 Å². The van der Waals surface area contributed by atoms with E-state index in [0.717, 1.165) is 22.5 Å². The van der Waals surface area contributed by atoms with Crippen LogP contribution in [0.2, 0.25) is 5.02 Å². The Morgan fingerprint density at radius 3 is 2.20 bits per heavy atom. The standard InChI is InChI=1S/C23H23ClN4O2/c1-15-20(16(2)28(25-15)12-17-8-4-7-11-21(17)24)13-26(3)14-27-22(29)18-9-5-6-10-19(18)23(27)30/h4-11H,12-14H2,1-3H3. The molecular formula is C23H23ClN4O2. The number of rotatable bonds is 6. The number of carbonyl (C=O) groups is 2. The lowest BCUT2D eigenvalue weighted by Crippen LogP contribution is -2.39. The minimum atomic E-state index is -0.245. The molecular weight excluding hydrogens is 400 g/mol. The van der Waals surface area contributed by atoms with Gasteiger partial charge in [0.25, 0.3) is 11.8 Å². The summed E-state index contributed by atoms with van der Waals surface area (Å²) < 4.78 is 1.95. The predicted molar refractivity (Wildman–Crippen MR) is 116 cm³/mol. The van der Waals surface area contributed by atoms with Gasteiger partial charge in [-0.1, -0.05) is 41.9 Å². The molecule has 6 nitrogen and oxygen atoms in total. The van der Waals surface area contributed by atoms with Gasteiger partial charge in [0.05, 0.1) is 30.0 Å². The summed E-state index contributed by atoms with van der Waals surface area (Å²) in [5, 5.41) is 5.39. The normalized spacial score (nSPS) is 13.4. The number of hydrogen-bond acceptors (Lipinski definition) is 4. The van der Waals surface area contributed by atoms with Gasteiger partial charge in [0.2, 0.25) is 0 Å². The highest BCUT2D eigenvalue weighted by molar-refractivity contribution is 6.31. The van der Waals surface area contributed by atoms with Gasteiger partial charge in [-0.15, -0.1) is 0 Å². The maximum absolute atomic E-state index is 12.6. The first-order valence-corrected chi connectivity index (χ1v) is 10.1. The molecule has 30 heavy (non-hydrogen) atoms. The predicted octanol–water partition coefficient (Wildman–Crippen LogP) is 3.89. The molecule has 0 bridgehead atoms. The van der Waals surface area contributed by atoms with E-state index in [4.69, 9.17) is 11.6 Å². The van der Waals surface area contributed by atoms with Gasteiger partial charge >= 0.3 is 0 Å². The van der Waals surface area contributed by atoms with Crippen LogP contribution < -0.4 is 0 Å². The molecule has 0 unspecified atom stereocenters. The van der Waals surface area contributed by atoms with Gasteiger partial charge < -0.3 is 0 Å². The van der Waals surface area contributed by atoms with E-state index in [9.17, 15) is 9.59 Å². The molecule has 2 heterocycles. The quantitative estimate of drug-likeness (QED) is 0.565. The number of carbonyl (C=O) groups excluding carboxylic acids is 2. The molecule has 2 amide bonds. The highest BCUT2D eigenvalue weighted by Crippen LogP contribution is 2.24. The van der Waals surface area contributed by atoms with Crippen LogP contribution in [0, 0.1) is 13.8 Å². The number of imide groups is 1. The zero-order chi connectivity index (χ0) is 21.4. The van der Waals surface area contributed by atoms with E-state index in [1.54, 1.807) is 24.3 Å². The molecule has 0 aliphatic carbocycles. The lowest BCUT2D eigenvalue weighted by Gasteiger charge is -2.23. The maximum atomic E-state index is 12.6. The monoisotopic (exact) mass is 422 g/mol. The number of fused-ring (bicyclic) bond motifs is 1. The Hall–Kier alpha value is -2.96. The van der Waals surface area contributed by atoms with E-state index < -0.39 is 0 Å². The second-order valence-corrected chi connectivity index (χ2v) is 8.05. The molecule has 0 saturated heterocycles. The van der Waals surface area contributed by atoms with E-state index >= 15 is 0 Å². The van der Waals surface area contributed by atoms with Gasteiger partial charge in [0.1, 0.15) is 0 Å². The SMILES string of the molecule is Cc1nn(Cc2ccccc2Cl)c(C)c1CN(C)CN1C(=O)c2ccccc2C1=O. The van der Waals surface area contributed by atoms with Crippen LogP contribution in [0.4, 0.5) is 0 Å². The molecule has 0 atom stereocenters. The zero-order valence-corrected chi connectivity index (χ0v) is 18.0. The first-order valence-electron chi connectivity index (χ1n) is 9.77. The zero-order valence-electron chi connectivity index (χ0n) is 17.2. The van der Waals surface area contributed by atoms with Crippen molar-refractivity contribution in [3.8, 4) is 0 Å². The van der Waals surface area contributed by atoms with Crippen LogP contribution in [0.25, 0.3) is 0 Å². The Bertz CT molecular complexity index is 1100. The molecule has 154 valence electrons. The van der Waals surface area contributed by atoms with E-state index in [1.165, 1.54) is 4.90 Å². The third-order valence-electron chi connectivity index (χ3n) is 5.50. The van der Waals surface area contributed by atoms with Crippen molar-refractivity contribution in [1.29, 1.82) is 0 Å². The summed E-state index contributed by atoms with van der Waals surface area (Å²) in [6.07, 6.45) is 0. The summed E-state index contributed by atoms with van der Waals surface area (Å²) in [6.45, 7) is 5.40. The van der Waals surface area contributed by atoms with Crippen molar-refractivity contribution in [1.82, 2.24) is 19.6 Å². The summed E-state index contributed by atoms with van der Waals surface area (Å²) in [6, 6.07) is 14.7. The number of aryl methyl sites for hydroxylation is 1. The topological polar surface area (TPSA) is 58.4 Å². The van der Waals surface area contributed by atoms with Crippen molar-refractivity contribution in [2.45, 2.75) is 26.9 Å². The number of hydrogen-bond donors (Lipinski definition) is 0. The van der Waals surface area contributed by atoms with E-state index in [-0.39, 0.29) is 18.5 Å². The van der Waals surface area contributed by atoms with Crippen LogP contribution in [0.15, 0.2) is 48.5 Å². The number of halogens is 1. The fourth-order valence-electron chi connectivity index (χ4n) is 3.83. The van der Waals surface area contributed by atoms with Crippen molar-refractivity contribution >= 4 is 23.4 Å². The molecule has 4 rings (SSSR count). The largest absolute Gasteiger partial charge is 0.284 e. The molecule has 1 aliphatic rings. The highest BCUT2D eigenvalue weighted by Gasteiger charge is 2.35. The molecule has 0 saturated carbocycles. The molecule has 0 N–H and O–H groups in total. The van der Waals surface area contributed by atoms with Gasteiger partial charge in [-0.2, -0.15) is 5.10 Å². The average molecular weight is 423 g/mol. The number of aromatic nitrogens is 2. The molecule has 7 heteroatoms. The summed E-state index contributed by atoms with van der Waals surface area (Å²) in [4.78, 5) is 28.5. The summed E-state index contributed by atoms with van der Waals surface area (Å²) in [5.41, 5.74) is 5.00. The van der Waals surface area contributed by atoms with E-state index in [1.807, 2.05) is 54.7 Å². The average Bonchev–Trinajstić information content (AvgIpc) is 3.13. The Morgan fingerprint density at radius 1 is 0.967 bits per heavy atom. The fourth-order valence-corrected chi connectivity index (χ4v) is 4.03. The van der Waals surface area contributed by atoms with E-state index in [0.29, 0.717) is 29.2 Å². The van der Waals surface area contributed by atoms with Crippen LogP contribution in [0.3, 0.4) is 0 Å².